The minimum absolute atomic E-state index is 0.0486. The molecule has 0 atom stereocenters. The Hall–Kier alpha value is -1.72. The van der Waals surface area contributed by atoms with Crippen molar-refractivity contribution in [3.8, 4) is 0 Å². The lowest BCUT2D eigenvalue weighted by atomic mass is 10.1. The normalized spacial score (nSPS) is 10.6. The van der Waals surface area contributed by atoms with Crippen LogP contribution in [-0.4, -0.2) is 17.4 Å². The molecule has 1 amide bonds. The molecule has 4 nitrogen and oxygen atoms in total. The Bertz CT molecular complexity index is 590. The van der Waals surface area contributed by atoms with E-state index in [1.165, 1.54) is 4.88 Å². The van der Waals surface area contributed by atoms with E-state index in [1.807, 2.05) is 26.0 Å². The van der Waals surface area contributed by atoms with Gasteiger partial charge in [-0.1, -0.05) is 12.1 Å². The highest BCUT2D eigenvalue weighted by Gasteiger charge is 2.07. The van der Waals surface area contributed by atoms with Crippen molar-refractivity contribution in [2.45, 2.75) is 26.8 Å². The Morgan fingerprint density at radius 1 is 1.30 bits per heavy atom. The highest BCUT2D eigenvalue weighted by molar-refractivity contribution is 7.11. The molecule has 2 rings (SSSR count). The molecule has 1 heterocycles. The smallest absolute Gasteiger partial charge is 0.251 e. The first-order valence-electron chi connectivity index (χ1n) is 6.60. The molecule has 0 bridgehead atoms. The molecule has 3 N–H and O–H groups in total. The molecule has 0 fully saturated rings. The summed E-state index contributed by atoms with van der Waals surface area (Å²) in [5.74, 6) is -0.0486. The van der Waals surface area contributed by atoms with Crippen LogP contribution < -0.4 is 11.1 Å². The number of hydrogen-bond acceptors (Lipinski definition) is 4. The van der Waals surface area contributed by atoms with Crippen LogP contribution in [0.3, 0.4) is 0 Å². The fourth-order valence-electron chi connectivity index (χ4n) is 1.99. The van der Waals surface area contributed by atoms with E-state index in [9.17, 15) is 4.79 Å². The molecule has 20 heavy (non-hydrogen) atoms. The number of amides is 1. The highest BCUT2D eigenvalue weighted by Crippen LogP contribution is 2.17. The summed E-state index contributed by atoms with van der Waals surface area (Å²) in [7, 11) is 0. The van der Waals surface area contributed by atoms with Crippen molar-refractivity contribution in [2.75, 3.05) is 6.54 Å². The van der Waals surface area contributed by atoms with E-state index in [-0.39, 0.29) is 5.91 Å². The number of nitrogens with two attached hydrogens (primary N) is 1. The number of rotatable bonds is 5. The standard InChI is InChI=1S/C15H19N3OS/c1-10-14(20-11(2)18-10)7-8-17-15(19)13-5-3-12(9-16)4-6-13/h3-6H,7-9,16H2,1-2H3,(H,17,19). The third kappa shape index (κ3) is 3.65. The summed E-state index contributed by atoms with van der Waals surface area (Å²) >= 11 is 1.69. The van der Waals surface area contributed by atoms with Crippen molar-refractivity contribution < 1.29 is 4.79 Å². The lowest BCUT2D eigenvalue weighted by Crippen LogP contribution is -2.25. The molecule has 2 aromatic rings. The molecule has 0 spiro atoms. The third-order valence-corrected chi connectivity index (χ3v) is 4.22. The van der Waals surface area contributed by atoms with Crippen molar-refractivity contribution in [3.05, 3.63) is 51.0 Å². The first-order chi connectivity index (χ1) is 9.60. The average Bonchev–Trinajstić information content (AvgIpc) is 2.77. The summed E-state index contributed by atoms with van der Waals surface area (Å²) in [6.07, 6.45) is 0.823. The van der Waals surface area contributed by atoms with Crippen LogP contribution in [0.25, 0.3) is 0 Å². The first kappa shape index (κ1) is 14.7. The Kier molecular flexibility index (Phi) is 4.87. The third-order valence-electron chi connectivity index (χ3n) is 3.09. The van der Waals surface area contributed by atoms with Gasteiger partial charge >= 0.3 is 0 Å². The number of aryl methyl sites for hydroxylation is 2. The van der Waals surface area contributed by atoms with Gasteiger partial charge in [0.15, 0.2) is 0 Å². The number of aromatic nitrogens is 1. The van der Waals surface area contributed by atoms with Gasteiger partial charge in [0.1, 0.15) is 0 Å². The summed E-state index contributed by atoms with van der Waals surface area (Å²) in [6.45, 7) is 5.12. The van der Waals surface area contributed by atoms with Crippen LogP contribution >= 0.6 is 11.3 Å². The van der Waals surface area contributed by atoms with E-state index < -0.39 is 0 Å². The first-order valence-corrected chi connectivity index (χ1v) is 7.42. The molecule has 0 aliphatic carbocycles. The fourth-order valence-corrected chi connectivity index (χ4v) is 2.93. The second-order valence-electron chi connectivity index (χ2n) is 4.65. The van der Waals surface area contributed by atoms with Crippen molar-refractivity contribution in [2.24, 2.45) is 5.73 Å². The molecule has 106 valence electrons. The Balaban J connectivity index is 1.87. The van der Waals surface area contributed by atoms with Crippen molar-refractivity contribution in [3.63, 3.8) is 0 Å². The van der Waals surface area contributed by atoms with E-state index in [4.69, 9.17) is 5.73 Å². The van der Waals surface area contributed by atoms with Gasteiger partial charge in [0, 0.05) is 30.0 Å². The topological polar surface area (TPSA) is 68.0 Å². The number of hydrogen-bond donors (Lipinski definition) is 2. The maximum absolute atomic E-state index is 12.0. The molecular formula is C15H19N3OS. The van der Waals surface area contributed by atoms with Gasteiger partial charge in [-0.25, -0.2) is 4.98 Å². The Morgan fingerprint density at radius 2 is 2.00 bits per heavy atom. The highest BCUT2D eigenvalue weighted by atomic mass is 32.1. The lowest BCUT2D eigenvalue weighted by molar-refractivity contribution is 0.0954. The molecule has 0 unspecified atom stereocenters. The van der Waals surface area contributed by atoms with E-state index in [2.05, 4.69) is 10.3 Å². The Labute approximate surface area is 123 Å². The van der Waals surface area contributed by atoms with Crippen molar-refractivity contribution in [1.29, 1.82) is 0 Å². The summed E-state index contributed by atoms with van der Waals surface area (Å²) in [6, 6.07) is 7.37. The molecule has 0 radical (unpaired) electrons. The monoisotopic (exact) mass is 289 g/mol. The maximum Gasteiger partial charge on any atom is 0.251 e. The van der Waals surface area contributed by atoms with Crippen LogP contribution in [-0.2, 0) is 13.0 Å². The van der Waals surface area contributed by atoms with Gasteiger partial charge in [-0.2, -0.15) is 0 Å². The van der Waals surface area contributed by atoms with Gasteiger partial charge in [-0.15, -0.1) is 11.3 Å². The zero-order valence-electron chi connectivity index (χ0n) is 11.8. The van der Waals surface area contributed by atoms with Gasteiger partial charge in [-0.05, 0) is 31.5 Å². The molecule has 1 aromatic carbocycles. The molecule has 1 aromatic heterocycles. The van der Waals surface area contributed by atoms with E-state index in [0.717, 1.165) is 22.7 Å². The quantitative estimate of drug-likeness (QED) is 0.886. The lowest BCUT2D eigenvalue weighted by Gasteiger charge is -2.05. The van der Waals surface area contributed by atoms with E-state index >= 15 is 0 Å². The number of nitrogens with zero attached hydrogens (tertiary/aromatic N) is 1. The molecular weight excluding hydrogens is 270 g/mol. The number of benzene rings is 1. The minimum atomic E-state index is -0.0486. The zero-order valence-corrected chi connectivity index (χ0v) is 12.6. The summed E-state index contributed by atoms with van der Waals surface area (Å²) in [4.78, 5) is 17.6. The molecule has 0 aliphatic heterocycles. The Morgan fingerprint density at radius 3 is 2.55 bits per heavy atom. The average molecular weight is 289 g/mol. The molecule has 0 saturated carbocycles. The largest absolute Gasteiger partial charge is 0.352 e. The minimum Gasteiger partial charge on any atom is -0.352 e. The summed E-state index contributed by atoms with van der Waals surface area (Å²) in [5, 5.41) is 4.00. The number of nitrogens with one attached hydrogen (secondary N) is 1. The number of carbonyl (C=O) groups excluding carboxylic acids is 1. The second kappa shape index (κ2) is 6.63. The van der Waals surface area contributed by atoms with Crippen LogP contribution in [0.4, 0.5) is 0 Å². The number of carbonyl (C=O) groups is 1. The summed E-state index contributed by atoms with van der Waals surface area (Å²) in [5.41, 5.74) is 8.29. The van der Waals surface area contributed by atoms with Crippen LogP contribution in [0.5, 0.6) is 0 Å². The number of thiazole rings is 1. The fraction of sp³-hybridized carbons (Fsp3) is 0.333. The predicted octanol–water partition coefficient (Wildman–Crippen LogP) is 2.19. The van der Waals surface area contributed by atoms with Gasteiger partial charge < -0.3 is 11.1 Å². The van der Waals surface area contributed by atoms with Gasteiger partial charge in [-0.3, -0.25) is 4.79 Å². The zero-order chi connectivity index (χ0) is 14.5. The summed E-state index contributed by atoms with van der Waals surface area (Å²) < 4.78 is 0. The van der Waals surface area contributed by atoms with Crippen LogP contribution in [0, 0.1) is 13.8 Å². The van der Waals surface area contributed by atoms with Gasteiger partial charge in [0.25, 0.3) is 5.91 Å². The second-order valence-corrected chi connectivity index (χ2v) is 5.94. The predicted molar refractivity (Wildman–Crippen MR) is 82.0 cm³/mol. The van der Waals surface area contributed by atoms with E-state index in [1.54, 1.807) is 23.5 Å². The molecule has 5 heteroatoms. The van der Waals surface area contributed by atoms with Crippen molar-refractivity contribution >= 4 is 17.2 Å². The SMILES string of the molecule is Cc1nc(C)c(CCNC(=O)c2ccc(CN)cc2)s1. The maximum atomic E-state index is 12.0. The van der Waals surface area contributed by atoms with Crippen LogP contribution in [0.2, 0.25) is 0 Å². The van der Waals surface area contributed by atoms with Crippen LogP contribution in [0.1, 0.15) is 31.5 Å². The molecule has 0 saturated heterocycles. The van der Waals surface area contributed by atoms with Gasteiger partial charge in [0.2, 0.25) is 0 Å². The molecule has 0 aliphatic rings. The van der Waals surface area contributed by atoms with Gasteiger partial charge in [0.05, 0.1) is 10.7 Å². The van der Waals surface area contributed by atoms with E-state index in [0.29, 0.717) is 18.7 Å². The van der Waals surface area contributed by atoms with Crippen LogP contribution in [0.15, 0.2) is 24.3 Å². The van der Waals surface area contributed by atoms with Crippen molar-refractivity contribution in [1.82, 2.24) is 10.3 Å².